The number of methoxy groups -OCH3 is 1. The summed E-state index contributed by atoms with van der Waals surface area (Å²) >= 11 is 0. The van der Waals surface area contributed by atoms with Gasteiger partial charge in [-0.25, -0.2) is 0 Å². The second-order valence-corrected chi connectivity index (χ2v) is 4.27. The van der Waals surface area contributed by atoms with Crippen LogP contribution in [-0.4, -0.2) is 7.11 Å². The van der Waals surface area contributed by atoms with E-state index in [4.69, 9.17) is 4.74 Å². The fraction of sp³-hybridized carbons (Fsp3) is 0.429. The molecule has 0 fully saturated rings. The third-order valence-corrected chi connectivity index (χ3v) is 3.24. The topological polar surface area (TPSA) is 9.23 Å². The van der Waals surface area contributed by atoms with Gasteiger partial charge in [-0.2, -0.15) is 0 Å². The minimum atomic E-state index is 0.795. The molecule has 1 aliphatic carbocycles. The second-order valence-electron chi connectivity index (χ2n) is 4.27. The lowest BCUT2D eigenvalue weighted by atomic mass is 9.82. The molecule has 15 heavy (non-hydrogen) atoms. The minimum absolute atomic E-state index is 0.795. The monoisotopic (exact) mass is 202 g/mol. The summed E-state index contributed by atoms with van der Waals surface area (Å²) in [7, 11) is 1.73. The van der Waals surface area contributed by atoms with Crippen LogP contribution in [0.15, 0.2) is 30.9 Å². The first-order chi connectivity index (χ1) is 7.33. The highest BCUT2D eigenvalue weighted by Gasteiger charge is 2.17. The third-order valence-electron chi connectivity index (χ3n) is 3.24. The van der Waals surface area contributed by atoms with Crippen LogP contribution in [0.1, 0.15) is 24.0 Å². The van der Waals surface area contributed by atoms with Gasteiger partial charge in [-0.1, -0.05) is 12.1 Å². The van der Waals surface area contributed by atoms with E-state index in [0.29, 0.717) is 0 Å². The van der Waals surface area contributed by atoms with E-state index in [-0.39, 0.29) is 0 Å². The Kier molecular flexibility index (Phi) is 3.10. The van der Waals surface area contributed by atoms with Crippen molar-refractivity contribution in [3.63, 3.8) is 0 Å². The highest BCUT2D eigenvalue weighted by atomic mass is 16.5. The Bertz CT molecular complexity index is 354. The van der Waals surface area contributed by atoms with E-state index in [0.717, 1.165) is 18.1 Å². The van der Waals surface area contributed by atoms with Crippen molar-refractivity contribution < 1.29 is 4.74 Å². The lowest BCUT2D eigenvalue weighted by molar-refractivity contribution is 0.411. The van der Waals surface area contributed by atoms with Gasteiger partial charge in [-0.15, -0.1) is 6.58 Å². The highest BCUT2D eigenvalue weighted by molar-refractivity contribution is 5.37. The Morgan fingerprint density at radius 3 is 3.07 bits per heavy atom. The van der Waals surface area contributed by atoms with Crippen LogP contribution >= 0.6 is 0 Å². The molecule has 1 aliphatic rings. The number of fused-ring (bicyclic) bond motifs is 1. The number of hydrogen-bond donors (Lipinski definition) is 0. The predicted octanol–water partition coefficient (Wildman–Crippen LogP) is 3.38. The average molecular weight is 202 g/mol. The van der Waals surface area contributed by atoms with Crippen molar-refractivity contribution in [1.82, 2.24) is 0 Å². The zero-order chi connectivity index (χ0) is 10.7. The molecule has 0 N–H and O–H groups in total. The van der Waals surface area contributed by atoms with E-state index < -0.39 is 0 Å². The van der Waals surface area contributed by atoms with Crippen LogP contribution in [0.5, 0.6) is 5.75 Å². The highest BCUT2D eigenvalue weighted by Crippen LogP contribution is 2.30. The lowest BCUT2D eigenvalue weighted by Gasteiger charge is -2.23. The SMILES string of the molecule is C=CCC1CCc2cc(OC)ccc2C1. The molecule has 0 heterocycles. The van der Waals surface area contributed by atoms with Gasteiger partial charge in [0, 0.05) is 0 Å². The molecule has 80 valence electrons. The maximum Gasteiger partial charge on any atom is 0.119 e. The van der Waals surface area contributed by atoms with E-state index in [1.165, 1.54) is 30.4 Å². The fourth-order valence-corrected chi connectivity index (χ4v) is 2.37. The van der Waals surface area contributed by atoms with Gasteiger partial charge in [0.2, 0.25) is 0 Å². The summed E-state index contributed by atoms with van der Waals surface area (Å²) in [5, 5.41) is 0. The van der Waals surface area contributed by atoms with Crippen LogP contribution in [0.3, 0.4) is 0 Å². The summed E-state index contributed by atoms with van der Waals surface area (Å²) in [6, 6.07) is 6.46. The van der Waals surface area contributed by atoms with Crippen molar-refractivity contribution in [1.29, 1.82) is 0 Å². The van der Waals surface area contributed by atoms with Gasteiger partial charge in [-0.05, 0) is 54.9 Å². The number of ether oxygens (including phenoxy) is 1. The molecule has 0 saturated heterocycles. The molecule has 1 unspecified atom stereocenters. The molecular weight excluding hydrogens is 184 g/mol. The van der Waals surface area contributed by atoms with Crippen molar-refractivity contribution in [2.45, 2.75) is 25.7 Å². The maximum absolute atomic E-state index is 5.24. The molecule has 0 bridgehead atoms. The van der Waals surface area contributed by atoms with E-state index in [2.05, 4.69) is 24.8 Å². The average Bonchev–Trinajstić information content (AvgIpc) is 2.29. The van der Waals surface area contributed by atoms with Gasteiger partial charge < -0.3 is 4.74 Å². The normalized spacial score (nSPS) is 19.4. The zero-order valence-electron chi connectivity index (χ0n) is 9.33. The van der Waals surface area contributed by atoms with Crippen LogP contribution in [0.25, 0.3) is 0 Å². The molecule has 0 spiro atoms. The molecule has 1 heteroatoms. The first-order valence-corrected chi connectivity index (χ1v) is 5.60. The van der Waals surface area contributed by atoms with Crippen LogP contribution in [0.2, 0.25) is 0 Å². The molecule has 1 atom stereocenters. The van der Waals surface area contributed by atoms with Crippen molar-refractivity contribution in [2.24, 2.45) is 5.92 Å². The van der Waals surface area contributed by atoms with Crippen LogP contribution in [-0.2, 0) is 12.8 Å². The standard InChI is InChI=1S/C14H18O/c1-3-4-11-5-6-13-10-14(15-2)8-7-12(13)9-11/h3,7-8,10-11H,1,4-6,9H2,2H3. The third kappa shape index (κ3) is 2.23. The van der Waals surface area contributed by atoms with Crippen LogP contribution in [0.4, 0.5) is 0 Å². The molecule has 0 amide bonds. The van der Waals surface area contributed by atoms with Gasteiger partial charge in [0.1, 0.15) is 5.75 Å². The zero-order valence-corrected chi connectivity index (χ0v) is 9.33. The van der Waals surface area contributed by atoms with Gasteiger partial charge in [0.05, 0.1) is 7.11 Å². The first kappa shape index (κ1) is 10.3. The molecule has 1 aromatic carbocycles. The molecular formula is C14H18O. The molecule has 0 aliphatic heterocycles. The minimum Gasteiger partial charge on any atom is -0.497 e. The molecule has 1 nitrogen and oxygen atoms in total. The maximum atomic E-state index is 5.24. The fourth-order valence-electron chi connectivity index (χ4n) is 2.37. The quantitative estimate of drug-likeness (QED) is 0.683. The number of rotatable bonds is 3. The summed E-state index contributed by atoms with van der Waals surface area (Å²) < 4.78 is 5.24. The smallest absolute Gasteiger partial charge is 0.119 e. The molecule has 2 rings (SSSR count). The Labute approximate surface area is 91.8 Å². The van der Waals surface area contributed by atoms with Crippen molar-refractivity contribution >= 4 is 0 Å². The van der Waals surface area contributed by atoms with Gasteiger partial charge >= 0.3 is 0 Å². The number of aryl methyl sites for hydroxylation is 1. The summed E-state index contributed by atoms with van der Waals surface area (Å²) in [6.45, 7) is 3.82. The Hall–Kier alpha value is -1.24. The lowest BCUT2D eigenvalue weighted by Crippen LogP contribution is -2.13. The van der Waals surface area contributed by atoms with Crippen molar-refractivity contribution in [2.75, 3.05) is 7.11 Å². The van der Waals surface area contributed by atoms with E-state index in [9.17, 15) is 0 Å². The number of hydrogen-bond acceptors (Lipinski definition) is 1. The Morgan fingerprint density at radius 2 is 2.33 bits per heavy atom. The van der Waals surface area contributed by atoms with Gasteiger partial charge in [0.25, 0.3) is 0 Å². The first-order valence-electron chi connectivity index (χ1n) is 5.60. The Balaban J connectivity index is 2.17. The van der Waals surface area contributed by atoms with Crippen LogP contribution < -0.4 is 4.74 Å². The van der Waals surface area contributed by atoms with Crippen molar-refractivity contribution in [3.05, 3.63) is 42.0 Å². The summed E-state index contributed by atoms with van der Waals surface area (Å²) in [4.78, 5) is 0. The summed E-state index contributed by atoms with van der Waals surface area (Å²) in [6.07, 6.45) is 6.85. The second kappa shape index (κ2) is 4.52. The van der Waals surface area contributed by atoms with Gasteiger partial charge in [-0.3, -0.25) is 0 Å². The van der Waals surface area contributed by atoms with E-state index in [1.807, 2.05) is 6.08 Å². The molecule has 0 saturated carbocycles. The predicted molar refractivity (Wildman–Crippen MR) is 63.3 cm³/mol. The summed E-state index contributed by atoms with van der Waals surface area (Å²) in [5.74, 6) is 1.78. The van der Waals surface area contributed by atoms with Crippen molar-refractivity contribution in [3.8, 4) is 5.75 Å². The largest absolute Gasteiger partial charge is 0.497 e. The molecule has 1 aromatic rings. The number of benzene rings is 1. The molecule has 0 radical (unpaired) electrons. The number of allylic oxidation sites excluding steroid dienone is 1. The van der Waals surface area contributed by atoms with E-state index in [1.54, 1.807) is 7.11 Å². The van der Waals surface area contributed by atoms with Gasteiger partial charge in [0.15, 0.2) is 0 Å². The van der Waals surface area contributed by atoms with E-state index >= 15 is 0 Å². The molecule has 0 aromatic heterocycles. The summed E-state index contributed by atoms with van der Waals surface area (Å²) in [5.41, 5.74) is 2.96. The Morgan fingerprint density at radius 1 is 1.47 bits per heavy atom. The van der Waals surface area contributed by atoms with Crippen LogP contribution in [0, 0.1) is 5.92 Å².